The summed E-state index contributed by atoms with van der Waals surface area (Å²) in [5.41, 5.74) is 44.6. The van der Waals surface area contributed by atoms with Crippen molar-refractivity contribution in [3.63, 3.8) is 0 Å². The van der Waals surface area contributed by atoms with Gasteiger partial charge in [-0.05, 0) is 219 Å². The molecule has 0 N–H and O–H groups in total. The highest BCUT2D eigenvalue weighted by molar-refractivity contribution is 6.01. The second-order valence-electron chi connectivity index (χ2n) is 28.0. The molecule has 0 saturated heterocycles. The van der Waals surface area contributed by atoms with E-state index < -0.39 is 0 Å². The van der Waals surface area contributed by atoms with Crippen LogP contribution in [0.3, 0.4) is 0 Å². The van der Waals surface area contributed by atoms with E-state index >= 15 is 0 Å². The minimum atomic E-state index is 0.142. The Morgan fingerprint density at radius 3 is 0.560 bits per heavy atom. The van der Waals surface area contributed by atoms with Crippen molar-refractivity contribution in [2.24, 2.45) is 0 Å². The monoisotopic (exact) mass is 1470 g/mol. The molecule has 0 aromatic heterocycles. The average Bonchev–Trinajstić information content (AvgIpc) is 1.60. The summed E-state index contributed by atoms with van der Waals surface area (Å²) < 4.78 is 0. The zero-order valence-corrected chi connectivity index (χ0v) is 77.2. The molecule has 0 atom stereocenters. The molecule has 0 saturated carbocycles. The van der Waals surface area contributed by atoms with E-state index in [1.807, 2.05) is 138 Å². The maximum absolute atomic E-state index is 2.40. The molecule has 0 fully saturated rings. The van der Waals surface area contributed by atoms with Crippen molar-refractivity contribution in [1.29, 1.82) is 0 Å². The third-order valence-electron chi connectivity index (χ3n) is 21.4. The van der Waals surface area contributed by atoms with Crippen molar-refractivity contribution in [3.05, 3.63) is 299 Å². The molecule has 0 nitrogen and oxygen atoms in total. The van der Waals surface area contributed by atoms with Gasteiger partial charge in [0.05, 0.1) is 0 Å². The Kier molecular flexibility index (Phi) is 42.9. The van der Waals surface area contributed by atoms with Crippen LogP contribution < -0.4 is 0 Å². The lowest BCUT2D eigenvalue weighted by atomic mass is 9.73. The van der Waals surface area contributed by atoms with Crippen molar-refractivity contribution in [1.82, 2.24) is 0 Å². The minimum Gasteiger partial charge on any atom is -0.0791 e. The second kappa shape index (κ2) is 47.2. The number of fused-ring (bicyclic) bond motifs is 15. The number of allylic oxidation sites excluding steroid dienone is 1. The van der Waals surface area contributed by atoms with Crippen molar-refractivity contribution in [3.8, 4) is 55.6 Å². The van der Waals surface area contributed by atoms with Crippen molar-refractivity contribution < 1.29 is 0 Å². The molecule has 592 valence electrons. The highest BCUT2D eigenvalue weighted by Gasteiger charge is 2.42. The third-order valence-corrected chi connectivity index (χ3v) is 21.4. The first-order valence-corrected chi connectivity index (χ1v) is 43.2. The van der Waals surface area contributed by atoms with Crippen LogP contribution in [-0.2, 0) is 21.7 Å². The molecular weight excluding hydrogens is 1310 g/mol. The fourth-order valence-corrected chi connectivity index (χ4v) is 15.8. The topological polar surface area (TPSA) is 0 Å². The van der Waals surface area contributed by atoms with Crippen LogP contribution in [0.15, 0.2) is 188 Å². The normalized spacial score (nSPS) is 12.6. The van der Waals surface area contributed by atoms with Gasteiger partial charge in [-0.2, -0.15) is 0 Å². The molecule has 15 rings (SSSR count). The zero-order chi connectivity index (χ0) is 83.6. The highest BCUT2D eigenvalue weighted by Crippen LogP contribution is 2.55. The first kappa shape index (κ1) is 98.9. The molecule has 0 aliphatic heterocycles. The Morgan fingerprint density at radius 2 is 0.367 bits per heavy atom. The number of hydrogen-bond acceptors (Lipinski definition) is 0. The van der Waals surface area contributed by atoms with Gasteiger partial charge in [0.25, 0.3) is 0 Å². The van der Waals surface area contributed by atoms with Crippen LogP contribution in [0, 0.1) is 69.2 Å². The van der Waals surface area contributed by atoms with Gasteiger partial charge in [-0.25, -0.2) is 0 Å². The second-order valence-corrected chi connectivity index (χ2v) is 28.0. The van der Waals surface area contributed by atoms with E-state index in [-0.39, 0.29) is 21.7 Å². The molecule has 10 aromatic carbocycles. The van der Waals surface area contributed by atoms with Gasteiger partial charge < -0.3 is 0 Å². The maximum atomic E-state index is 2.40. The van der Waals surface area contributed by atoms with Crippen LogP contribution in [0.2, 0.25) is 0 Å². The van der Waals surface area contributed by atoms with Gasteiger partial charge in [0.15, 0.2) is 0 Å². The Labute approximate surface area is 673 Å². The summed E-state index contributed by atoms with van der Waals surface area (Å²) in [5.74, 6) is 0. The molecule has 0 bridgehead atoms. The van der Waals surface area contributed by atoms with E-state index in [4.69, 9.17) is 0 Å². The molecule has 109 heavy (non-hydrogen) atoms. The van der Waals surface area contributed by atoms with Crippen molar-refractivity contribution in [2.45, 2.75) is 317 Å². The van der Waals surface area contributed by atoms with E-state index in [1.165, 1.54) is 185 Å². The van der Waals surface area contributed by atoms with Gasteiger partial charge in [0.1, 0.15) is 0 Å². The van der Waals surface area contributed by atoms with Crippen molar-refractivity contribution in [2.75, 3.05) is 0 Å². The van der Waals surface area contributed by atoms with Gasteiger partial charge in [-0.3, -0.25) is 0 Å². The molecule has 10 aromatic rings. The number of benzene rings is 10. The smallest absolute Gasteiger partial charge is 0.0210 e. The Balaban J connectivity index is 0.000000643. The number of hydrogen-bond donors (Lipinski definition) is 0. The van der Waals surface area contributed by atoms with Crippen LogP contribution in [0.25, 0.3) is 61.2 Å². The van der Waals surface area contributed by atoms with Gasteiger partial charge in [0, 0.05) is 21.7 Å². The lowest BCUT2D eigenvalue weighted by Gasteiger charge is -2.30. The summed E-state index contributed by atoms with van der Waals surface area (Å²) in [4.78, 5) is 0. The summed E-state index contributed by atoms with van der Waals surface area (Å²) in [6.07, 6.45) is 6.89. The van der Waals surface area contributed by atoms with E-state index in [0.29, 0.717) is 0 Å². The maximum Gasteiger partial charge on any atom is 0.0210 e. The molecule has 0 radical (unpaired) electrons. The third kappa shape index (κ3) is 21.3. The lowest BCUT2D eigenvalue weighted by molar-refractivity contribution is 0.490. The van der Waals surface area contributed by atoms with E-state index in [0.717, 1.165) is 12.8 Å². The van der Waals surface area contributed by atoms with Crippen LogP contribution in [0.5, 0.6) is 0 Å². The van der Waals surface area contributed by atoms with E-state index in [2.05, 4.69) is 320 Å². The van der Waals surface area contributed by atoms with Crippen LogP contribution >= 0.6 is 0 Å². The first-order valence-electron chi connectivity index (χ1n) is 43.2. The molecular formula is C109H156. The summed E-state index contributed by atoms with van der Waals surface area (Å²) >= 11 is 0. The van der Waals surface area contributed by atoms with Gasteiger partial charge in [-0.15, -0.1) is 0 Å². The fraction of sp³-hybridized carbons (Fsp3) is 0.431. The van der Waals surface area contributed by atoms with Gasteiger partial charge in [0.2, 0.25) is 0 Å². The first-order chi connectivity index (χ1) is 52.4. The Hall–Kier alpha value is -8.06. The quantitative estimate of drug-likeness (QED) is 0.165. The molecule has 0 heterocycles. The van der Waals surface area contributed by atoms with Crippen molar-refractivity contribution >= 4 is 5.57 Å². The summed E-state index contributed by atoms with van der Waals surface area (Å²) in [7, 11) is 0. The molecule has 0 unspecified atom stereocenters. The van der Waals surface area contributed by atoms with E-state index in [9.17, 15) is 0 Å². The minimum absolute atomic E-state index is 0.142. The van der Waals surface area contributed by atoms with Crippen LogP contribution in [0.4, 0.5) is 0 Å². The number of rotatable bonds is 4. The highest BCUT2D eigenvalue weighted by atomic mass is 14.4. The predicted octanol–water partition coefficient (Wildman–Crippen LogP) is 35.0. The zero-order valence-electron chi connectivity index (χ0n) is 77.2. The summed E-state index contributed by atoms with van der Waals surface area (Å²) in [6, 6.07) is 68.6. The Bertz CT molecular complexity index is 4040. The molecule has 0 spiro atoms. The van der Waals surface area contributed by atoms with E-state index in [1.54, 1.807) is 0 Å². The average molecular weight is 1470 g/mol. The molecule has 0 heteroatoms. The fourth-order valence-electron chi connectivity index (χ4n) is 15.8. The lowest BCUT2D eigenvalue weighted by Crippen LogP contribution is -2.23. The van der Waals surface area contributed by atoms with Crippen LogP contribution in [0.1, 0.15) is 338 Å². The summed E-state index contributed by atoms with van der Waals surface area (Å²) in [6.45, 7) is 82.6. The summed E-state index contributed by atoms with van der Waals surface area (Å²) in [5, 5.41) is 0. The molecule has 5 aliphatic carbocycles. The number of aryl methyl sites for hydroxylation is 10. The van der Waals surface area contributed by atoms with Crippen LogP contribution in [-0.4, -0.2) is 0 Å². The molecule has 0 amide bonds. The molecule has 5 aliphatic rings. The standard InChI is InChI=1S/C19H22.2C18H20.C17H18.C17H16.10C2H6/c1-5-19(6-2)17-11-13(3)7-9-15(17)16-10-8-14(4)12-18(16)19;2*1-5-18(4)16-10-12(2)6-8-14(16)15-9-7-13(3)11-17(15)18;1-11-5-7-13-14-8-6-12(2)10-16(14)17(3,4)15(13)9-11;1-4-13-16-9-11(2)5-7-14(16)15-8-6-12(3)10-17(13)15;10*1-2/h7-12H,5-6H2,1-4H3;2*6-11H,5H2,1-4H3;5-10H,1-4H3;4-10H,1-3H3;10*1-2H3. The van der Waals surface area contributed by atoms with Gasteiger partial charge >= 0.3 is 0 Å². The SMILES string of the molecule is CC.CC.CC.CC.CC.CC.CC.CC.CC.CC.CC=C1c2cc(C)ccc2-c2ccc(C)cc21.CCC1(C)c2cc(C)ccc2-c2ccc(C)cc21.CCC1(C)c2cc(C)ccc2-c2ccc(C)cc21.CCC1(CC)c2cc(C)ccc2-c2ccc(C)cc21.Cc1ccc2c(c1)C(C)(C)c1cc(C)ccc1-2. The van der Waals surface area contributed by atoms with Gasteiger partial charge in [-0.1, -0.05) is 438 Å². The Morgan fingerprint density at radius 1 is 0.202 bits per heavy atom. The largest absolute Gasteiger partial charge is 0.0791 e. The predicted molar refractivity (Wildman–Crippen MR) is 500 cm³/mol.